The Labute approximate surface area is 150 Å². The van der Waals surface area contributed by atoms with E-state index in [-0.39, 0.29) is 5.91 Å². The molecule has 2 rings (SSSR count). The Bertz CT molecular complexity index is 581. The first kappa shape index (κ1) is 19.2. The highest BCUT2D eigenvalue weighted by molar-refractivity contribution is 6.04. The molecule has 1 amide bonds. The lowest BCUT2D eigenvalue weighted by Crippen LogP contribution is -2.34. The normalized spacial score (nSPS) is 15.4. The molecule has 0 bridgehead atoms. The van der Waals surface area contributed by atoms with E-state index in [2.05, 4.69) is 29.1 Å². The monoisotopic (exact) mass is 347 g/mol. The van der Waals surface area contributed by atoms with Crippen LogP contribution in [0.1, 0.15) is 37.0 Å². The largest absolute Gasteiger partial charge is 0.497 e. The average Bonchev–Trinajstić information content (AvgIpc) is 3.12. The van der Waals surface area contributed by atoms with Crippen molar-refractivity contribution in [1.29, 1.82) is 0 Å². The van der Waals surface area contributed by atoms with Crippen LogP contribution in [-0.4, -0.2) is 56.7 Å². The van der Waals surface area contributed by atoms with Crippen molar-refractivity contribution in [3.63, 3.8) is 0 Å². The van der Waals surface area contributed by atoms with E-state index < -0.39 is 0 Å². The van der Waals surface area contributed by atoms with Crippen LogP contribution in [-0.2, 0) is 4.74 Å². The van der Waals surface area contributed by atoms with Crippen LogP contribution < -0.4 is 10.1 Å². The van der Waals surface area contributed by atoms with Crippen molar-refractivity contribution in [2.24, 2.45) is 10.9 Å². The summed E-state index contributed by atoms with van der Waals surface area (Å²) in [6, 6.07) is 7.31. The Morgan fingerprint density at radius 3 is 2.76 bits per heavy atom. The topological polar surface area (TPSA) is 63.2 Å². The number of hydrogen-bond acceptors (Lipinski definition) is 5. The lowest BCUT2D eigenvalue weighted by molar-refractivity contribution is 0.0962. The second-order valence-corrected chi connectivity index (χ2v) is 6.63. The van der Waals surface area contributed by atoms with E-state index in [0.29, 0.717) is 36.4 Å². The summed E-state index contributed by atoms with van der Waals surface area (Å²) in [5.74, 6) is 0.753. The maximum atomic E-state index is 12.4. The van der Waals surface area contributed by atoms with Crippen molar-refractivity contribution in [3.8, 4) is 5.75 Å². The van der Waals surface area contributed by atoms with Gasteiger partial charge in [-0.2, -0.15) is 0 Å². The van der Waals surface area contributed by atoms with Crippen LogP contribution in [0.3, 0.4) is 0 Å². The number of nitrogens with zero attached hydrogens (tertiary/aromatic N) is 2. The molecular weight excluding hydrogens is 318 g/mol. The Balaban J connectivity index is 1.96. The number of likely N-dealkylation sites (tertiary alicyclic amines) is 1. The zero-order chi connectivity index (χ0) is 18.1. The summed E-state index contributed by atoms with van der Waals surface area (Å²) in [5, 5.41) is 2.78. The summed E-state index contributed by atoms with van der Waals surface area (Å²) < 4.78 is 10.8. The summed E-state index contributed by atoms with van der Waals surface area (Å²) in [7, 11) is 1.58. The molecule has 1 aliphatic rings. The third-order valence-electron chi connectivity index (χ3n) is 3.98. The van der Waals surface area contributed by atoms with E-state index in [1.165, 1.54) is 12.8 Å². The molecule has 1 aliphatic heterocycles. The van der Waals surface area contributed by atoms with Gasteiger partial charge >= 0.3 is 0 Å². The van der Waals surface area contributed by atoms with Crippen molar-refractivity contribution in [3.05, 3.63) is 29.8 Å². The summed E-state index contributed by atoms with van der Waals surface area (Å²) in [5.41, 5.74) is 0.514. The third-order valence-corrected chi connectivity index (χ3v) is 3.98. The molecule has 25 heavy (non-hydrogen) atoms. The van der Waals surface area contributed by atoms with Crippen LogP contribution in [0.15, 0.2) is 29.3 Å². The summed E-state index contributed by atoms with van der Waals surface area (Å²) in [6.45, 7) is 8.41. The average molecular weight is 347 g/mol. The highest BCUT2D eigenvalue weighted by Crippen LogP contribution is 2.12. The molecule has 0 unspecified atom stereocenters. The first-order valence-electron chi connectivity index (χ1n) is 8.93. The van der Waals surface area contributed by atoms with Crippen LogP contribution in [0.25, 0.3) is 0 Å². The van der Waals surface area contributed by atoms with Crippen LogP contribution in [0.2, 0.25) is 0 Å². The first-order valence-corrected chi connectivity index (χ1v) is 8.93. The van der Waals surface area contributed by atoms with Crippen LogP contribution in [0, 0.1) is 5.92 Å². The highest BCUT2D eigenvalue weighted by Gasteiger charge is 2.13. The van der Waals surface area contributed by atoms with Gasteiger partial charge in [0.2, 0.25) is 0 Å². The number of amidine groups is 1. The lowest BCUT2D eigenvalue weighted by Gasteiger charge is -2.15. The number of methoxy groups -OCH3 is 1. The van der Waals surface area contributed by atoms with E-state index >= 15 is 0 Å². The number of hydrogen-bond donors (Lipinski definition) is 1. The lowest BCUT2D eigenvalue weighted by atomic mass is 10.2. The molecule has 1 N–H and O–H groups in total. The van der Waals surface area contributed by atoms with Crippen molar-refractivity contribution >= 4 is 11.9 Å². The quantitative estimate of drug-likeness (QED) is 0.608. The number of benzene rings is 1. The number of ether oxygens (including phenoxy) is 2. The van der Waals surface area contributed by atoms with Gasteiger partial charge in [-0.25, -0.2) is 4.99 Å². The van der Waals surface area contributed by atoms with Gasteiger partial charge < -0.3 is 14.4 Å². The molecule has 1 saturated heterocycles. The molecule has 0 atom stereocenters. The van der Waals surface area contributed by atoms with Crippen LogP contribution in [0.5, 0.6) is 5.75 Å². The maximum Gasteiger partial charge on any atom is 0.291 e. The van der Waals surface area contributed by atoms with Gasteiger partial charge in [0.15, 0.2) is 0 Å². The Morgan fingerprint density at radius 2 is 2.08 bits per heavy atom. The van der Waals surface area contributed by atoms with Gasteiger partial charge in [-0.05, 0) is 50.0 Å². The molecule has 1 aromatic carbocycles. The second kappa shape index (κ2) is 10.0. The highest BCUT2D eigenvalue weighted by atomic mass is 16.5. The molecule has 138 valence electrons. The number of carbonyl (C=O) groups excluding carboxylic acids is 1. The Morgan fingerprint density at radius 1 is 1.32 bits per heavy atom. The van der Waals surface area contributed by atoms with Crippen molar-refractivity contribution < 1.29 is 14.3 Å². The van der Waals surface area contributed by atoms with Crippen molar-refractivity contribution in [1.82, 2.24) is 10.2 Å². The maximum absolute atomic E-state index is 12.4. The van der Waals surface area contributed by atoms with E-state index in [9.17, 15) is 4.79 Å². The number of carbonyl (C=O) groups is 1. The van der Waals surface area contributed by atoms with Crippen molar-refractivity contribution in [2.75, 3.05) is 39.9 Å². The molecule has 0 saturated carbocycles. The Hall–Kier alpha value is -2.08. The van der Waals surface area contributed by atoms with Gasteiger partial charge in [0.05, 0.1) is 20.3 Å². The predicted octanol–water partition coefficient (Wildman–Crippen LogP) is 2.55. The predicted molar refractivity (Wildman–Crippen MR) is 99.2 cm³/mol. The number of aliphatic imine (C=N–C) groups is 1. The summed E-state index contributed by atoms with van der Waals surface area (Å²) >= 11 is 0. The second-order valence-electron chi connectivity index (χ2n) is 6.63. The van der Waals surface area contributed by atoms with E-state index in [0.717, 1.165) is 19.6 Å². The minimum Gasteiger partial charge on any atom is -0.497 e. The molecular formula is C19H29N3O3. The number of amides is 1. The van der Waals surface area contributed by atoms with Crippen molar-refractivity contribution in [2.45, 2.75) is 26.7 Å². The van der Waals surface area contributed by atoms with E-state index in [1.807, 2.05) is 0 Å². The first-order chi connectivity index (χ1) is 12.1. The molecule has 0 aliphatic carbocycles. The van der Waals surface area contributed by atoms with Crippen LogP contribution >= 0.6 is 0 Å². The fourth-order valence-electron chi connectivity index (χ4n) is 2.60. The minimum atomic E-state index is -0.248. The smallest absolute Gasteiger partial charge is 0.291 e. The standard InChI is InChI=1S/C19H29N3O3/c1-15(2)14-25-19(20-9-12-22-10-4-5-11-22)21-18(23)16-7-6-8-17(13-16)24-3/h6-8,13,15H,4-5,9-12,14H2,1-3H3,(H,20,21,23). The fourth-order valence-corrected chi connectivity index (χ4v) is 2.60. The van der Waals surface area contributed by atoms with E-state index in [4.69, 9.17) is 9.47 Å². The molecule has 1 heterocycles. The van der Waals surface area contributed by atoms with Crippen LogP contribution in [0.4, 0.5) is 0 Å². The van der Waals surface area contributed by atoms with Gasteiger partial charge in [-0.3, -0.25) is 10.1 Å². The minimum absolute atomic E-state index is 0.248. The zero-order valence-electron chi connectivity index (χ0n) is 15.5. The molecule has 1 fully saturated rings. The molecule has 0 aromatic heterocycles. The molecule has 0 spiro atoms. The molecule has 1 aromatic rings. The SMILES string of the molecule is COc1cccc(C(=O)NC(=NCCN2CCCC2)OCC(C)C)c1. The molecule has 6 heteroatoms. The van der Waals surface area contributed by atoms with Gasteiger partial charge in [0.1, 0.15) is 5.75 Å². The van der Waals surface area contributed by atoms with Gasteiger partial charge in [0.25, 0.3) is 11.9 Å². The van der Waals surface area contributed by atoms with Gasteiger partial charge in [-0.1, -0.05) is 19.9 Å². The fraction of sp³-hybridized carbons (Fsp3) is 0.579. The summed E-state index contributed by atoms with van der Waals surface area (Å²) in [4.78, 5) is 19.3. The van der Waals surface area contributed by atoms with E-state index in [1.54, 1.807) is 31.4 Å². The molecule has 0 radical (unpaired) electrons. The number of nitrogens with one attached hydrogen (secondary N) is 1. The Kier molecular flexibility index (Phi) is 7.73. The number of rotatable bonds is 7. The molecule has 6 nitrogen and oxygen atoms in total. The van der Waals surface area contributed by atoms with Gasteiger partial charge in [-0.15, -0.1) is 0 Å². The zero-order valence-corrected chi connectivity index (χ0v) is 15.5. The third kappa shape index (κ3) is 6.74. The summed E-state index contributed by atoms with van der Waals surface area (Å²) in [6.07, 6.45) is 2.51. The van der Waals surface area contributed by atoms with Gasteiger partial charge in [0, 0.05) is 12.1 Å².